The summed E-state index contributed by atoms with van der Waals surface area (Å²) in [5.74, 6) is 0.0452. The fourth-order valence-electron chi connectivity index (χ4n) is 2.20. The molecule has 20 heavy (non-hydrogen) atoms. The van der Waals surface area contributed by atoms with Crippen molar-refractivity contribution in [3.05, 3.63) is 29.8 Å². The highest BCUT2D eigenvalue weighted by Gasteiger charge is 2.12. The van der Waals surface area contributed by atoms with Crippen LogP contribution in [0.15, 0.2) is 24.3 Å². The van der Waals surface area contributed by atoms with Crippen LogP contribution in [0.4, 0.5) is 0 Å². The van der Waals surface area contributed by atoms with Gasteiger partial charge in [-0.25, -0.2) is 0 Å². The van der Waals surface area contributed by atoms with Crippen LogP contribution in [0.5, 0.6) is 5.75 Å². The van der Waals surface area contributed by atoms with Crippen molar-refractivity contribution in [3.8, 4) is 5.75 Å². The molecule has 110 valence electrons. The normalized spacial score (nSPS) is 16.0. The van der Waals surface area contributed by atoms with Gasteiger partial charge in [0.1, 0.15) is 5.75 Å². The van der Waals surface area contributed by atoms with E-state index in [1.165, 1.54) is 12.1 Å². The largest absolute Gasteiger partial charge is 0.508 e. The number of phenolic OH excluding ortho intramolecular Hbond substituents is 1. The van der Waals surface area contributed by atoms with Gasteiger partial charge < -0.3 is 20.5 Å². The van der Waals surface area contributed by atoms with Crippen LogP contribution in [0.3, 0.4) is 0 Å². The second kappa shape index (κ2) is 7.87. The van der Waals surface area contributed by atoms with E-state index in [2.05, 4.69) is 10.6 Å². The van der Waals surface area contributed by atoms with Crippen molar-refractivity contribution in [1.82, 2.24) is 10.6 Å². The third kappa shape index (κ3) is 4.83. The maximum absolute atomic E-state index is 11.8. The zero-order valence-corrected chi connectivity index (χ0v) is 11.6. The molecule has 0 unspecified atom stereocenters. The highest BCUT2D eigenvalue weighted by atomic mass is 16.5. The van der Waals surface area contributed by atoms with Gasteiger partial charge in [-0.2, -0.15) is 0 Å². The molecule has 1 saturated heterocycles. The zero-order chi connectivity index (χ0) is 14.2. The van der Waals surface area contributed by atoms with Gasteiger partial charge in [0.25, 0.3) is 5.91 Å². The number of piperidine rings is 1. The highest BCUT2D eigenvalue weighted by molar-refractivity contribution is 5.94. The number of nitrogens with one attached hydrogen (secondary N) is 2. The summed E-state index contributed by atoms with van der Waals surface area (Å²) >= 11 is 0. The number of amides is 1. The summed E-state index contributed by atoms with van der Waals surface area (Å²) < 4.78 is 5.76. The van der Waals surface area contributed by atoms with Gasteiger partial charge >= 0.3 is 0 Å². The second-order valence-corrected chi connectivity index (χ2v) is 4.98. The Morgan fingerprint density at radius 3 is 2.70 bits per heavy atom. The van der Waals surface area contributed by atoms with Crippen molar-refractivity contribution in [2.45, 2.75) is 25.4 Å². The maximum Gasteiger partial charge on any atom is 0.251 e. The Balaban J connectivity index is 1.58. The molecule has 1 fully saturated rings. The Bertz CT molecular complexity index is 414. The topological polar surface area (TPSA) is 70.6 Å². The van der Waals surface area contributed by atoms with Crippen LogP contribution in [0, 0.1) is 0 Å². The van der Waals surface area contributed by atoms with Crippen molar-refractivity contribution in [3.63, 3.8) is 0 Å². The van der Waals surface area contributed by atoms with Crippen LogP contribution in [-0.4, -0.2) is 43.4 Å². The van der Waals surface area contributed by atoms with Gasteiger partial charge in [-0.1, -0.05) is 0 Å². The number of aromatic hydroxyl groups is 1. The first kappa shape index (κ1) is 14.8. The molecule has 1 aliphatic rings. The third-order valence-electron chi connectivity index (χ3n) is 3.38. The van der Waals surface area contributed by atoms with Gasteiger partial charge in [0.2, 0.25) is 0 Å². The van der Waals surface area contributed by atoms with Crippen molar-refractivity contribution in [2.24, 2.45) is 0 Å². The molecule has 1 aromatic carbocycles. The molecule has 0 saturated carbocycles. The SMILES string of the molecule is O=C(NCCCOC1CCNCC1)c1ccc(O)cc1. The average Bonchev–Trinajstić information content (AvgIpc) is 2.48. The Labute approximate surface area is 119 Å². The smallest absolute Gasteiger partial charge is 0.251 e. The minimum atomic E-state index is -0.119. The van der Waals surface area contributed by atoms with Gasteiger partial charge in [0, 0.05) is 18.7 Å². The molecule has 0 aliphatic carbocycles. The van der Waals surface area contributed by atoms with Crippen LogP contribution in [0.2, 0.25) is 0 Å². The van der Waals surface area contributed by atoms with Crippen molar-refractivity contribution in [1.29, 1.82) is 0 Å². The minimum absolute atomic E-state index is 0.119. The molecule has 5 nitrogen and oxygen atoms in total. The van der Waals surface area contributed by atoms with E-state index in [1.807, 2.05) is 0 Å². The lowest BCUT2D eigenvalue weighted by Gasteiger charge is -2.22. The molecule has 0 radical (unpaired) electrons. The van der Waals surface area contributed by atoms with E-state index in [-0.39, 0.29) is 11.7 Å². The number of benzene rings is 1. The van der Waals surface area contributed by atoms with Crippen LogP contribution < -0.4 is 10.6 Å². The molecule has 1 aromatic rings. The summed E-state index contributed by atoms with van der Waals surface area (Å²) in [4.78, 5) is 11.8. The lowest BCUT2D eigenvalue weighted by Crippen LogP contribution is -2.33. The Kier molecular flexibility index (Phi) is 5.83. The lowest BCUT2D eigenvalue weighted by molar-refractivity contribution is 0.0318. The summed E-state index contributed by atoms with van der Waals surface area (Å²) in [7, 11) is 0. The standard InChI is InChI=1S/C15H22N2O3/c18-13-4-2-12(3-5-13)15(19)17-8-1-11-20-14-6-9-16-10-7-14/h2-5,14,16,18H,1,6-11H2,(H,17,19). The zero-order valence-electron chi connectivity index (χ0n) is 11.6. The second-order valence-electron chi connectivity index (χ2n) is 4.98. The van der Waals surface area contributed by atoms with Crippen molar-refractivity contribution < 1.29 is 14.6 Å². The molecule has 1 heterocycles. The maximum atomic E-state index is 11.8. The molecule has 0 spiro atoms. The van der Waals surface area contributed by atoms with E-state index >= 15 is 0 Å². The fourth-order valence-corrected chi connectivity index (χ4v) is 2.20. The molecule has 0 atom stereocenters. The van der Waals surface area contributed by atoms with Gasteiger partial charge in [-0.15, -0.1) is 0 Å². The third-order valence-corrected chi connectivity index (χ3v) is 3.38. The van der Waals surface area contributed by atoms with Crippen LogP contribution in [-0.2, 0) is 4.74 Å². The van der Waals surface area contributed by atoms with E-state index < -0.39 is 0 Å². The van der Waals surface area contributed by atoms with Gasteiger partial charge in [-0.05, 0) is 56.6 Å². The van der Waals surface area contributed by atoms with Crippen molar-refractivity contribution >= 4 is 5.91 Å². The van der Waals surface area contributed by atoms with Crippen LogP contribution in [0.1, 0.15) is 29.6 Å². The molecule has 5 heteroatoms. The predicted octanol–water partition coefficient (Wildman–Crippen LogP) is 1.28. The molecule has 1 aliphatic heterocycles. The van der Waals surface area contributed by atoms with Crippen molar-refractivity contribution in [2.75, 3.05) is 26.2 Å². The molecule has 0 aromatic heterocycles. The number of hydrogen-bond acceptors (Lipinski definition) is 4. The molecule has 1 amide bonds. The van der Waals surface area contributed by atoms with Gasteiger partial charge in [0.15, 0.2) is 0 Å². The van der Waals surface area contributed by atoms with E-state index in [0.717, 1.165) is 32.4 Å². The van der Waals surface area contributed by atoms with Crippen LogP contribution >= 0.6 is 0 Å². The summed E-state index contributed by atoms with van der Waals surface area (Å²) in [6.07, 6.45) is 3.32. The van der Waals surface area contributed by atoms with E-state index in [0.29, 0.717) is 24.8 Å². The summed E-state index contributed by atoms with van der Waals surface area (Å²) in [5, 5.41) is 15.3. The van der Waals surface area contributed by atoms with E-state index in [1.54, 1.807) is 12.1 Å². The lowest BCUT2D eigenvalue weighted by atomic mass is 10.1. The minimum Gasteiger partial charge on any atom is -0.508 e. The number of rotatable bonds is 6. The first-order valence-electron chi connectivity index (χ1n) is 7.15. The summed E-state index contributed by atoms with van der Waals surface area (Å²) in [6.45, 7) is 3.34. The average molecular weight is 278 g/mol. The number of phenols is 1. The van der Waals surface area contributed by atoms with Gasteiger partial charge in [0.05, 0.1) is 6.10 Å². The number of carbonyl (C=O) groups excluding carboxylic acids is 1. The number of hydrogen-bond donors (Lipinski definition) is 3. The first-order chi connectivity index (χ1) is 9.75. The molecule has 0 bridgehead atoms. The fraction of sp³-hybridized carbons (Fsp3) is 0.533. The Hall–Kier alpha value is -1.59. The van der Waals surface area contributed by atoms with Crippen LogP contribution in [0.25, 0.3) is 0 Å². The Morgan fingerprint density at radius 2 is 2.00 bits per heavy atom. The quantitative estimate of drug-likeness (QED) is 0.686. The molecular weight excluding hydrogens is 256 g/mol. The summed E-state index contributed by atoms with van der Waals surface area (Å²) in [5.41, 5.74) is 0.557. The number of carbonyl (C=O) groups is 1. The first-order valence-corrected chi connectivity index (χ1v) is 7.15. The summed E-state index contributed by atoms with van der Waals surface area (Å²) in [6, 6.07) is 6.23. The monoisotopic (exact) mass is 278 g/mol. The van der Waals surface area contributed by atoms with E-state index in [4.69, 9.17) is 9.84 Å². The molecule has 3 N–H and O–H groups in total. The van der Waals surface area contributed by atoms with E-state index in [9.17, 15) is 4.79 Å². The molecule has 2 rings (SSSR count). The highest BCUT2D eigenvalue weighted by Crippen LogP contribution is 2.09. The van der Waals surface area contributed by atoms with Gasteiger partial charge in [-0.3, -0.25) is 4.79 Å². The Morgan fingerprint density at radius 1 is 1.30 bits per heavy atom. The predicted molar refractivity (Wildman–Crippen MR) is 76.9 cm³/mol. The molecular formula is C15H22N2O3. The number of ether oxygens (including phenoxy) is 1.